The van der Waals surface area contributed by atoms with Crippen LogP contribution in [-0.4, -0.2) is 39.9 Å². The van der Waals surface area contributed by atoms with E-state index in [1.54, 1.807) is 23.1 Å². The van der Waals surface area contributed by atoms with Gasteiger partial charge >= 0.3 is 6.09 Å². The van der Waals surface area contributed by atoms with Crippen molar-refractivity contribution in [3.63, 3.8) is 0 Å². The molecule has 2 aromatic carbocycles. The fourth-order valence-electron chi connectivity index (χ4n) is 3.49. The standard InChI is InChI=1S/C14H19NO3.C9H11NO.ClH/c1-14(2,3)18-13(17)15-7-6-10-8-12(16)5-4-11(10)9-15;11-9-2-1-8-6-10-4-3-7(8)5-9;/h4-5,8,16H,6-7,9H2,1-3H3;1-2,5,10-11H,3-4,6H2;1H. The van der Waals surface area contributed by atoms with Crippen molar-refractivity contribution in [3.05, 3.63) is 58.7 Å². The Morgan fingerprint density at radius 2 is 1.57 bits per heavy atom. The molecule has 4 rings (SSSR count). The lowest BCUT2D eigenvalue weighted by atomic mass is 10.00. The van der Waals surface area contributed by atoms with E-state index in [1.165, 1.54) is 11.1 Å². The minimum Gasteiger partial charge on any atom is -0.508 e. The number of ether oxygens (including phenoxy) is 1. The first-order chi connectivity index (χ1) is 13.7. The quantitative estimate of drug-likeness (QED) is 0.580. The molecule has 0 spiro atoms. The van der Waals surface area contributed by atoms with Crippen molar-refractivity contribution in [2.24, 2.45) is 0 Å². The van der Waals surface area contributed by atoms with Crippen molar-refractivity contribution in [2.45, 2.75) is 52.3 Å². The van der Waals surface area contributed by atoms with Gasteiger partial charge in [0.15, 0.2) is 0 Å². The summed E-state index contributed by atoms with van der Waals surface area (Å²) >= 11 is 0. The van der Waals surface area contributed by atoms with Gasteiger partial charge in [0.25, 0.3) is 0 Å². The highest BCUT2D eigenvalue weighted by atomic mass is 35.5. The number of aromatic hydroxyl groups is 2. The Balaban J connectivity index is 0.000000229. The summed E-state index contributed by atoms with van der Waals surface area (Å²) in [5.74, 6) is 0.658. The summed E-state index contributed by atoms with van der Waals surface area (Å²) in [5.41, 5.74) is 4.31. The van der Waals surface area contributed by atoms with Crippen molar-refractivity contribution in [2.75, 3.05) is 13.1 Å². The number of hydrogen-bond acceptors (Lipinski definition) is 5. The minimum absolute atomic E-state index is 0. The largest absolute Gasteiger partial charge is 0.508 e. The molecule has 7 heteroatoms. The van der Waals surface area contributed by atoms with E-state index in [0.717, 1.165) is 37.1 Å². The molecular formula is C23H31ClN2O4. The Morgan fingerprint density at radius 1 is 0.967 bits per heavy atom. The lowest BCUT2D eigenvalue weighted by molar-refractivity contribution is 0.0224. The topological polar surface area (TPSA) is 82.0 Å². The third kappa shape index (κ3) is 6.54. The third-order valence-electron chi connectivity index (χ3n) is 4.93. The smallest absolute Gasteiger partial charge is 0.410 e. The molecule has 30 heavy (non-hydrogen) atoms. The number of carbonyl (C=O) groups excluding carboxylic acids is 1. The van der Waals surface area contributed by atoms with Gasteiger partial charge in [-0.3, -0.25) is 0 Å². The molecule has 0 radical (unpaired) electrons. The van der Waals surface area contributed by atoms with Gasteiger partial charge in [-0.1, -0.05) is 12.1 Å². The molecule has 2 aromatic rings. The number of nitrogens with one attached hydrogen (secondary N) is 1. The van der Waals surface area contributed by atoms with E-state index in [2.05, 4.69) is 5.32 Å². The van der Waals surface area contributed by atoms with Gasteiger partial charge in [-0.2, -0.15) is 0 Å². The first kappa shape index (κ1) is 23.8. The van der Waals surface area contributed by atoms with Crippen LogP contribution < -0.4 is 5.32 Å². The van der Waals surface area contributed by atoms with E-state index in [1.807, 2.05) is 39.0 Å². The van der Waals surface area contributed by atoms with E-state index >= 15 is 0 Å². The zero-order chi connectivity index (χ0) is 21.0. The lowest BCUT2D eigenvalue weighted by Crippen LogP contribution is -2.39. The molecule has 0 bridgehead atoms. The molecule has 0 aliphatic carbocycles. The predicted octanol–water partition coefficient (Wildman–Crippen LogP) is 4.15. The first-order valence-corrected chi connectivity index (χ1v) is 10.0. The van der Waals surface area contributed by atoms with Gasteiger partial charge in [-0.05, 0) is 86.7 Å². The highest BCUT2D eigenvalue weighted by Gasteiger charge is 2.25. The van der Waals surface area contributed by atoms with Crippen LogP contribution in [0.15, 0.2) is 36.4 Å². The Morgan fingerprint density at radius 3 is 2.20 bits per heavy atom. The van der Waals surface area contributed by atoms with Crippen LogP contribution in [0.1, 0.15) is 43.0 Å². The second-order valence-corrected chi connectivity index (χ2v) is 8.48. The van der Waals surface area contributed by atoms with E-state index in [4.69, 9.17) is 9.84 Å². The number of phenolic OH excluding ortho intramolecular Hbond substituents is 2. The lowest BCUT2D eigenvalue weighted by Gasteiger charge is -2.31. The van der Waals surface area contributed by atoms with Crippen molar-refractivity contribution in [3.8, 4) is 11.5 Å². The molecule has 3 N–H and O–H groups in total. The maximum atomic E-state index is 11.9. The second kappa shape index (κ2) is 10.0. The summed E-state index contributed by atoms with van der Waals surface area (Å²) in [6.45, 7) is 8.73. The van der Waals surface area contributed by atoms with Crippen molar-refractivity contribution < 1.29 is 19.7 Å². The SMILES string of the molecule is CC(C)(C)OC(=O)N1CCc2cc(O)ccc2C1.Cl.Oc1ccc2c(c1)CCNC2. The molecule has 0 atom stereocenters. The van der Waals surface area contributed by atoms with Gasteiger partial charge in [0.1, 0.15) is 17.1 Å². The van der Waals surface area contributed by atoms with Crippen molar-refractivity contribution in [1.29, 1.82) is 0 Å². The van der Waals surface area contributed by atoms with Crippen LogP contribution in [0.3, 0.4) is 0 Å². The van der Waals surface area contributed by atoms with Crippen LogP contribution in [0, 0.1) is 0 Å². The summed E-state index contributed by atoms with van der Waals surface area (Å²) in [6, 6.07) is 10.9. The predicted molar refractivity (Wildman–Crippen MR) is 119 cm³/mol. The van der Waals surface area contributed by atoms with Crippen LogP contribution in [0.2, 0.25) is 0 Å². The van der Waals surface area contributed by atoms with Gasteiger partial charge in [-0.25, -0.2) is 4.79 Å². The highest BCUT2D eigenvalue weighted by molar-refractivity contribution is 5.85. The van der Waals surface area contributed by atoms with Crippen LogP contribution in [0.4, 0.5) is 4.79 Å². The number of hydrogen-bond donors (Lipinski definition) is 3. The fraction of sp³-hybridized carbons (Fsp3) is 0.435. The number of fused-ring (bicyclic) bond motifs is 2. The number of rotatable bonds is 0. The normalized spacial score (nSPS) is 15.0. The van der Waals surface area contributed by atoms with Gasteiger partial charge in [0.05, 0.1) is 0 Å². The number of halogens is 1. The molecule has 2 heterocycles. The maximum Gasteiger partial charge on any atom is 0.410 e. The van der Waals surface area contributed by atoms with Gasteiger partial charge in [0.2, 0.25) is 0 Å². The molecule has 0 aromatic heterocycles. The van der Waals surface area contributed by atoms with Gasteiger partial charge < -0.3 is 25.2 Å². The minimum atomic E-state index is -0.466. The molecule has 2 aliphatic rings. The Kier molecular flexibility index (Phi) is 7.98. The monoisotopic (exact) mass is 434 g/mol. The maximum absolute atomic E-state index is 11.9. The number of benzene rings is 2. The van der Waals surface area contributed by atoms with Gasteiger partial charge in [-0.15, -0.1) is 12.4 Å². The van der Waals surface area contributed by atoms with E-state index in [9.17, 15) is 9.90 Å². The van der Waals surface area contributed by atoms with Crippen LogP contribution in [0.5, 0.6) is 11.5 Å². The summed E-state index contributed by atoms with van der Waals surface area (Å²) in [4.78, 5) is 13.6. The fourth-order valence-corrected chi connectivity index (χ4v) is 3.49. The number of carbonyl (C=O) groups is 1. The average Bonchev–Trinajstić information content (AvgIpc) is 2.66. The Labute approximate surface area is 184 Å². The highest BCUT2D eigenvalue weighted by Crippen LogP contribution is 2.24. The molecule has 6 nitrogen and oxygen atoms in total. The van der Waals surface area contributed by atoms with E-state index in [-0.39, 0.29) is 24.2 Å². The molecule has 2 aliphatic heterocycles. The first-order valence-electron chi connectivity index (χ1n) is 10.0. The van der Waals surface area contributed by atoms with Crippen molar-refractivity contribution >= 4 is 18.5 Å². The summed E-state index contributed by atoms with van der Waals surface area (Å²) in [5, 5.41) is 21.9. The molecule has 0 saturated heterocycles. The van der Waals surface area contributed by atoms with Crippen LogP contribution in [-0.2, 0) is 30.7 Å². The van der Waals surface area contributed by atoms with Gasteiger partial charge in [0, 0.05) is 19.6 Å². The van der Waals surface area contributed by atoms with Crippen LogP contribution in [0.25, 0.3) is 0 Å². The average molecular weight is 435 g/mol. The zero-order valence-electron chi connectivity index (χ0n) is 17.8. The molecule has 0 fully saturated rings. The molecule has 0 unspecified atom stereocenters. The summed E-state index contributed by atoms with van der Waals surface area (Å²) < 4.78 is 5.35. The van der Waals surface area contributed by atoms with E-state index in [0.29, 0.717) is 18.8 Å². The molecule has 164 valence electrons. The van der Waals surface area contributed by atoms with Crippen LogP contribution >= 0.6 is 12.4 Å². The number of nitrogens with zero attached hydrogens (tertiary/aromatic N) is 1. The summed E-state index contributed by atoms with van der Waals surface area (Å²) in [7, 11) is 0. The Hall–Kier alpha value is -2.44. The zero-order valence-corrected chi connectivity index (χ0v) is 18.6. The third-order valence-corrected chi connectivity index (χ3v) is 4.93. The molecular weight excluding hydrogens is 404 g/mol. The van der Waals surface area contributed by atoms with E-state index < -0.39 is 5.60 Å². The molecule has 0 saturated carbocycles. The Bertz CT molecular complexity index is 880. The second-order valence-electron chi connectivity index (χ2n) is 8.48. The number of phenols is 2. The summed E-state index contributed by atoms with van der Waals surface area (Å²) in [6.07, 6.45) is 1.51. The number of amides is 1. The van der Waals surface area contributed by atoms with Crippen molar-refractivity contribution in [1.82, 2.24) is 10.2 Å². The molecule has 1 amide bonds.